The van der Waals surface area contributed by atoms with Gasteiger partial charge in [-0.15, -0.1) is 0 Å². The predicted molar refractivity (Wildman–Crippen MR) is 76.7 cm³/mol. The summed E-state index contributed by atoms with van der Waals surface area (Å²) in [5.74, 6) is 0.137. The highest BCUT2D eigenvalue weighted by atomic mass is 79.9. The van der Waals surface area contributed by atoms with Crippen LogP contribution < -0.4 is 0 Å². The summed E-state index contributed by atoms with van der Waals surface area (Å²) in [5.41, 5.74) is 2.17. The molecule has 0 N–H and O–H groups in total. The minimum absolute atomic E-state index is 0.137. The topological polar surface area (TPSA) is 25.2 Å². The van der Waals surface area contributed by atoms with Crippen molar-refractivity contribution in [3.8, 4) is 0 Å². The fraction of sp³-hybridized carbons (Fsp3) is 0.500. The Morgan fingerprint density at radius 3 is 2.89 bits per heavy atom. The number of carbonyl (C=O) groups excluding carboxylic acids is 1. The van der Waals surface area contributed by atoms with E-state index in [-0.39, 0.29) is 5.91 Å². The minimum atomic E-state index is 0.137. The van der Waals surface area contributed by atoms with Crippen molar-refractivity contribution in [2.24, 2.45) is 0 Å². The van der Waals surface area contributed by atoms with E-state index in [2.05, 4.69) is 35.9 Å². The van der Waals surface area contributed by atoms with Crippen molar-refractivity contribution < 1.29 is 4.79 Å². The number of carbonyl (C=O) groups is 1. The maximum Gasteiger partial charge on any atom is 0.270 e. The zero-order valence-electron chi connectivity index (χ0n) is 10.9. The lowest BCUT2D eigenvalue weighted by Gasteiger charge is -2.25. The molecule has 1 aliphatic rings. The van der Waals surface area contributed by atoms with Crippen LogP contribution in [0.15, 0.2) is 28.4 Å². The molecule has 0 saturated carbocycles. The van der Waals surface area contributed by atoms with Crippen LogP contribution in [0, 0.1) is 0 Å². The summed E-state index contributed by atoms with van der Waals surface area (Å²) >= 11 is 3.45. The molecule has 98 valence electrons. The molecule has 0 radical (unpaired) electrons. The molecular weight excluding hydrogens is 292 g/mol. The van der Waals surface area contributed by atoms with Crippen LogP contribution >= 0.6 is 15.9 Å². The molecule has 0 bridgehead atoms. The summed E-state index contributed by atoms with van der Waals surface area (Å²) in [6, 6.07) is 1.92. The SMILES string of the molecule is CCCn1cc(Br)cc1C(=O)N1CC=C(C)CC1. The third kappa shape index (κ3) is 2.86. The number of aryl methyl sites for hydroxylation is 1. The molecule has 3 nitrogen and oxygen atoms in total. The van der Waals surface area contributed by atoms with Crippen LogP contribution in [0.5, 0.6) is 0 Å². The molecule has 1 amide bonds. The highest BCUT2D eigenvalue weighted by Crippen LogP contribution is 2.19. The van der Waals surface area contributed by atoms with Crippen LogP contribution in [-0.2, 0) is 6.54 Å². The number of aromatic nitrogens is 1. The number of amides is 1. The van der Waals surface area contributed by atoms with Gasteiger partial charge in [-0.05, 0) is 41.8 Å². The van der Waals surface area contributed by atoms with E-state index < -0.39 is 0 Å². The lowest BCUT2D eigenvalue weighted by atomic mass is 10.1. The van der Waals surface area contributed by atoms with Gasteiger partial charge in [0.2, 0.25) is 0 Å². The van der Waals surface area contributed by atoms with Crippen LogP contribution in [0.25, 0.3) is 0 Å². The predicted octanol–water partition coefficient (Wildman–Crippen LogP) is 3.45. The second-order valence-electron chi connectivity index (χ2n) is 4.79. The number of halogens is 1. The molecule has 0 saturated heterocycles. The van der Waals surface area contributed by atoms with Crippen LogP contribution in [0.4, 0.5) is 0 Å². The first-order valence-electron chi connectivity index (χ1n) is 6.42. The van der Waals surface area contributed by atoms with Gasteiger partial charge in [-0.25, -0.2) is 0 Å². The Morgan fingerprint density at radius 1 is 1.50 bits per heavy atom. The molecule has 1 aliphatic heterocycles. The van der Waals surface area contributed by atoms with Crippen molar-refractivity contribution in [3.63, 3.8) is 0 Å². The van der Waals surface area contributed by atoms with Gasteiger partial charge in [0.1, 0.15) is 5.69 Å². The highest BCUT2D eigenvalue weighted by Gasteiger charge is 2.20. The van der Waals surface area contributed by atoms with Crippen LogP contribution in [0.2, 0.25) is 0 Å². The van der Waals surface area contributed by atoms with E-state index >= 15 is 0 Å². The fourth-order valence-electron chi connectivity index (χ4n) is 2.20. The Morgan fingerprint density at radius 2 is 2.28 bits per heavy atom. The molecular formula is C14H19BrN2O. The van der Waals surface area contributed by atoms with E-state index in [9.17, 15) is 4.79 Å². The van der Waals surface area contributed by atoms with Crippen molar-refractivity contribution in [1.82, 2.24) is 9.47 Å². The highest BCUT2D eigenvalue weighted by molar-refractivity contribution is 9.10. The fourth-order valence-corrected chi connectivity index (χ4v) is 2.66. The molecule has 0 unspecified atom stereocenters. The van der Waals surface area contributed by atoms with Crippen LogP contribution in [0.3, 0.4) is 0 Å². The van der Waals surface area contributed by atoms with Gasteiger partial charge in [0.25, 0.3) is 5.91 Å². The lowest BCUT2D eigenvalue weighted by molar-refractivity contribution is 0.0758. The van der Waals surface area contributed by atoms with E-state index in [4.69, 9.17) is 0 Å². The molecule has 1 aromatic heterocycles. The first-order valence-corrected chi connectivity index (χ1v) is 7.21. The van der Waals surface area contributed by atoms with Gasteiger partial charge in [0.15, 0.2) is 0 Å². The third-order valence-electron chi connectivity index (χ3n) is 3.27. The summed E-state index contributed by atoms with van der Waals surface area (Å²) < 4.78 is 3.01. The first kappa shape index (κ1) is 13.4. The van der Waals surface area contributed by atoms with Crippen molar-refractivity contribution in [1.29, 1.82) is 0 Å². The maximum atomic E-state index is 12.5. The van der Waals surface area contributed by atoms with Gasteiger partial charge < -0.3 is 9.47 Å². The van der Waals surface area contributed by atoms with Crippen LogP contribution in [-0.4, -0.2) is 28.5 Å². The normalized spacial score (nSPS) is 15.7. The van der Waals surface area contributed by atoms with E-state index in [1.165, 1.54) is 5.57 Å². The molecule has 18 heavy (non-hydrogen) atoms. The summed E-state index contributed by atoms with van der Waals surface area (Å²) in [7, 11) is 0. The average molecular weight is 311 g/mol. The van der Waals surface area contributed by atoms with Gasteiger partial charge in [-0.1, -0.05) is 18.6 Å². The van der Waals surface area contributed by atoms with Crippen LogP contribution in [0.1, 0.15) is 37.2 Å². The van der Waals surface area contributed by atoms with E-state index in [0.29, 0.717) is 0 Å². The Balaban J connectivity index is 2.18. The first-order chi connectivity index (χ1) is 8.61. The minimum Gasteiger partial charge on any atom is -0.342 e. The maximum absolute atomic E-state index is 12.5. The standard InChI is InChI=1S/C14H19BrN2O/c1-3-6-17-10-12(15)9-13(17)14(18)16-7-4-11(2)5-8-16/h4,9-10H,3,5-8H2,1-2H3. The second kappa shape index (κ2) is 5.74. The molecule has 2 heterocycles. The molecule has 0 aliphatic carbocycles. The monoisotopic (exact) mass is 310 g/mol. The van der Waals surface area contributed by atoms with E-state index in [1.807, 2.05) is 21.7 Å². The van der Waals surface area contributed by atoms with E-state index in [0.717, 1.165) is 42.6 Å². The van der Waals surface area contributed by atoms with Gasteiger partial charge in [0.05, 0.1) is 0 Å². The largest absolute Gasteiger partial charge is 0.342 e. The Kier molecular flexibility index (Phi) is 4.27. The number of hydrogen-bond acceptors (Lipinski definition) is 1. The Labute approximate surface area is 117 Å². The molecule has 0 spiro atoms. The lowest BCUT2D eigenvalue weighted by Crippen LogP contribution is -2.35. The molecule has 0 atom stereocenters. The van der Waals surface area contributed by atoms with Crippen molar-refractivity contribution in [3.05, 3.63) is 34.1 Å². The molecule has 2 rings (SSSR count). The summed E-state index contributed by atoms with van der Waals surface area (Å²) in [5, 5.41) is 0. The zero-order chi connectivity index (χ0) is 13.1. The number of nitrogens with zero attached hydrogens (tertiary/aromatic N) is 2. The summed E-state index contributed by atoms with van der Waals surface area (Å²) in [6.07, 6.45) is 6.15. The molecule has 4 heteroatoms. The zero-order valence-corrected chi connectivity index (χ0v) is 12.5. The summed E-state index contributed by atoms with van der Waals surface area (Å²) in [6.45, 7) is 6.69. The van der Waals surface area contributed by atoms with Crippen molar-refractivity contribution in [2.45, 2.75) is 33.2 Å². The van der Waals surface area contributed by atoms with Gasteiger partial charge in [-0.3, -0.25) is 4.79 Å². The molecule has 0 aromatic carbocycles. The quantitative estimate of drug-likeness (QED) is 0.785. The third-order valence-corrected chi connectivity index (χ3v) is 3.70. The Hall–Kier alpha value is -1.03. The smallest absolute Gasteiger partial charge is 0.270 e. The van der Waals surface area contributed by atoms with Crippen molar-refractivity contribution in [2.75, 3.05) is 13.1 Å². The van der Waals surface area contributed by atoms with Gasteiger partial charge >= 0.3 is 0 Å². The van der Waals surface area contributed by atoms with Crippen molar-refractivity contribution >= 4 is 21.8 Å². The Bertz CT molecular complexity index is 476. The molecule has 0 fully saturated rings. The van der Waals surface area contributed by atoms with Gasteiger partial charge in [-0.2, -0.15) is 0 Å². The number of rotatable bonds is 3. The van der Waals surface area contributed by atoms with Gasteiger partial charge in [0, 0.05) is 30.3 Å². The summed E-state index contributed by atoms with van der Waals surface area (Å²) in [4.78, 5) is 14.4. The van der Waals surface area contributed by atoms with E-state index in [1.54, 1.807) is 0 Å². The number of hydrogen-bond donors (Lipinski definition) is 0. The second-order valence-corrected chi connectivity index (χ2v) is 5.70. The average Bonchev–Trinajstić information content (AvgIpc) is 2.71. The molecule has 1 aromatic rings.